The van der Waals surface area contributed by atoms with E-state index >= 15 is 0 Å². The molecule has 0 N–H and O–H groups in total. The second kappa shape index (κ2) is 6.99. The van der Waals surface area contributed by atoms with Gasteiger partial charge in [-0.15, -0.1) is 0 Å². The molecular formula is C13H16ClNO4. The molecule has 0 heterocycles. The van der Waals surface area contributed by atoms with Crippen molar-refractivity contribution >= 4 is 29.2 Å². The van der Waals surface area contributed by atoms with Crippen molar-refractivity contribution in [3.8, 4) is 0 Å². The van der Waals surface area contributed by atoms with Gasteiger partial charge in [-0.3, -0.25) is 4.79 Å². The summed E-state index contributed by atoms with van der Waals surface area (Å²) in [7, 11) is 2.60. The van der Waals surface area contributed by atoms with E-state index in [0.29, 0.717) is 10.7 Å². The van der Waals surface area contributed by atoms with Crippen LogP contribution in [0.4, 0.5) is 5.69 Å². The zero-order chi connectivity index (χ0) is 14.4. The fourth-order valence-electron chi connectivity index (χ4n) is 1.59. The van der Waals surface area contributed by atoms with Crippen LogP contribution in [-0.2, 0) is 19.1 Å². The Morgan fingerprint density at radius 3 is 2.26 bits per heavy atom. The molecule has 1 atom stereocenters. The lowest BCUT2D eigenvalue weighted by atomic mass is 10.2. The quantitative estimate of drug-likeness (QED) is 0.773. The first-order valence-electron chi connectivity index (χ1n) is 5.66. The maximum Gasteiger partial charge on any atom is 0.328 e. The first-order chi connectivity index (χ1) is 8.99. The number of nitrogens with zero attached hydrogens (tertiary/aromatic N) is 1. The van der Waals surface area contributed by atoms with Crippen molar-refractivity contribution in [1.29, 1.82) is 0 Å². The van der Waals surface area contributed by atoms with Crippen LogP contribution in [0.2, 0.25) is 5.02 Å². The summed E-state index contributed by atoms with van der Waals surface area (Å²) in [5.41, 5.74) is 0.688. The van der Waals surface area contributed by atoms with Crippen LogP contribution in [0.25, 0.3) is 0 Å². The molecule has 0 amide bonds. The van der Waals surface area contributed by atoms with E-state index in [2.05, 4.69) is 4.74 Å². The molecule has 0 aliphatic rings. The van der Waals surface area contributed by atoms with Gasteiger partial charge in [-0.1, -0.05) is 11.6 Å². The Balaban J connectivity index is 3.00. The zero-order valence-electron chi connectivity index (χ0n) is 11.1. The van der Waals surface area contributed by atoms with Gasteiger partial charge in [-0.05, 0) is 31.2 Å². The minimum atomic E-state index is -0.606. The maximum atomic E-state index is 11.6. The van der Waals surface area contributed by atoms with Crippen molar-refractivity contribution in [2.24, 2.45) is 0 Å². The lowest BCUT2D eigenvalue weighted by molar-refractivity contribution is -0.142. The third-order valence-corrected chi connectivity index (χ3v) is 2.95. The number of ether oxygens (including phenoxy) is 2. The summed E-state index contributed by atoms with van der Waals surface area (Å²) in [5.74, 6) is -0.871. The summed E-state index contributed by atoms with van der Waals surface area (Å²) in [6.07, 6.45) is 0. The monoisotopic (exact) mass is 285 g/mol. The van der Waals surface area contributed by atoms with Crippen molar-refractivity contribution in [3.63, 3.8) is 0 Å². The zero-order valence-corrected chi connectivity index (χ0v) is 11.8. The van der Waals surface area contributed by atoms with Crippen molar-refractivity contribution < 1.29 is 19.1 Å². The van der Waals surface area contributed by atoms with Gasteiger partial charge in [0.05, 0.1) is 14.2 Å². The Hall–Kier alpha value is -1.75. The molecule has 0 aliphatic heterocycles. The highest BCUT2D eigenvalue weighted by Crippen LogP contribution is 2.20. The second-order valence-electron chi connectivity index (χ2n) is 3.88. The third kappa shape index (κ3) is 4.13. The van der Waals surface area contributed by atoms with E-state index in [0.717, 1.165) is 0 Å². The molecule has 0 aromatic heterocycles. The first kappa shape index (κ1) is 15.3. The van der Waals surface area contributed by atoms with E-state index in [1.807, 2.05) is 0 Å². The molecule has 0 saturated carbocycles. The third-order valence-electron chi connectivity index (χ3n) is 2.70. The molecule has 1 rings (SSSR count). The number of benzene rings is 1. The summed E-state index contributed by atoms with van der Waals surface area (Å²) in [6, 6.07) is 6.22. The number of hydrogen-bond acceptors (Lipinski definition) is 5. The van der Waals surface area contributed by atoms with Gasteiger partial charge < -0.3 is 14.4 Å². The average Bonchev–Trinajstić information content (AvgIpc) is 2.43. The molecule has 1 aromatic rings. The van der Waals surface area contributed by atoms with Gasteiger partial charge in [0, 0.05) is 10.7 Å². The number of carbonyl (C=O) groups excluding carboxylic acids is 2. The van der Waals surface area contributed by atoms with Crippen molar-refractivity contribution in [1.82, 2.24) is 0 Å². The van der Waals surface area contributed by atoms with Crippen LogP contribution < -0.4 is 4.90 Å². The number of anilines is 1. The lowest BCUT2D eigenvalue weighted by Crippen LogP contribution is -2.43. The molecule has 19 heavy (non-hydrogen) atoms. The smallest absolute Gasteiger partial charge is 0.328 e. The highest BCUT2D eigenvalue weighted by molar-refractivity contribution is 6.30. The molecule has 5 nitrogen and oxygen atoms in total. The topological polar surface area (TPSA) is 55.8 Å². The number of rotatable bonds is 5. The minimum absolute atomic E-state index is 0.0472. The maximum absolute atomic E-state index is 11.6. The van der Waals surface area contributed by atoms with Crippen LogP contribution in [0.1, 0.15) is 6.92 Å². The summed E-state index contributed by atoms with van der Waals surface area (Å²) >= 11 is 5.82. The van der Waals surface area contributed by atoms with Crippen molar-refractivity contribution in [2.75, 3.05) is 25.7 Å². The van der Waals surface area contributed by atoms with E-state index in [1.165, 1.54) is 14.2 Å². The van der Waals surface area contributed by atoms with Crippen LogP contribution in [0.5, 0.6) is 0 Å². The predicted molar refractivity (Wildman–Crippen MR) is 72.3 cm³/mol. The van der Waals surface area contributed by atoms with E-state index in [-0.39, 0.29) is 6.54 Å². The Kier molecular flexibility index (Phi) is 5.63. The fourth-order valence-corrected chi connectivity index (χ4v) is 1.71. The summed E-state index contributed by atoms with van der Waals surface area (Å²) < 4.78 is 9.33. The summed E-state index contributed by atoms with van der Waals surface area (Å²) in [6.45, 7) is 1.61. The van der Waals surface area contributed by atoms with Crippen LogP contribution in [0.3, 0.4) is 0 Å². The highest BCUT2D eigenvalue weighted by atomic mass is 35.5. The predicted octanol–water partition coefficient (Wildman–Crippen LogP) is 1.88. The number of methoxy groups -OCH3 is 2. The van der Waals surface area contributed by atoms with Crippen LogP contribution in [0, 0.1) is 0 Å². The van der Waals surface area contributed by atoms with Crippen LogP contribution >= 0.6 is 11.6 Å². The Labute approximate surface area is 117 Å². The van der Waals surface area contributed by atoms with Gasteiger partial charge in [0.2, 0.25) is 0 Å². The molecule has 0 unspecified atom stereocenters. The largest absolute Gasteiger partial charge is 0.468 e. The van der Waals surface area contributed by atoms with Crippen molar-refractivity contribution in [2.45, 2.75) is 13.0 Å². The SMILES string of the molecule is COC(=O)CN(c1ccc(Cl)cc1)[C@H](C)C(=O)OC. The number of esters is 2. The standard InChI is InChI=1S/C13H16ClNO4/c1-9(13(17)19-3)15(8-12(16)18-2)11-6-4-10(14)5-7-11/h4-7,9H,8H2,1-3H3/t9-/m1/s1. The number of halogens is 1. The van der Waals surface area contributed by atoms with Crippen LogP contribution in [0.15, 0.2) is 24.3 Å². The van der Waals surface area contributed by atoms with Gasteiger partial charge in [0.15, 0.2) is 0 Å². The Morgan fingerprint density at radius 2 is 1.79 bits per heavy atom. The molecule has 104 valence electrons. The molecule has 1 aromatic carbocycles. The molecule has 0 bridgehead atoms. The summed E-state index contributed by atoms with van der Waals surface area (Å²) in [4.78, 5) is 24.6. The van der Waals surface area contributed by atoms with E-state index < -0.39 is 18.0 Å². The first-order valence-corrected chi connectivity index (χ1v) is 6.04. The molecule has 0 spiro atoms. The van der Waals surface area contributed by atoms with Crippen molar-refractivity contribution in [3.05, 3.63) is 29.3 Å². The van der Waals surface area contributed by atoms with Crippen LogP contribution in [-0.4, -0.2) is 38.7 Å². The molecule has 0 fully saturated rings. The Morgan fingerprint density at radius 1 is 1.21 bits per heavy atom. The molecule has 0 saturated heterocycles. The highest BCUT2D eigenvalue weighted by Gasteiger charge is 2.24. The molecule has 0 radical (unpaired) electrons. The van der Waals surface area contributed by atoms with Gasteiger partial charge in [-0.25, -0.2) is 4.79 Å². The number of carbonyl (C=O) groups is 2. The normalized spacial score (nSPS) is 11.6. The number of hydrogen-bond donors (Lipinski definition) is 0. The second-order valence-corrected chi connectivity index (χ2v) is 4.32. The van der Waals surface area contributed by atoms with E-state index in [9.17, 15) is 9.59 Å². The van der Waals surface area contributed by atoms with Gasteiger partial charge in [-0.2, -0.15) is 0 Å². The molecule has 6 heteroatoms. The van der Waals surface area contributed by atoms with E-state index in [4.69, 9.17) is 16.3 Å². The lowest BCUT2D eigenvalue weighted by Gasteiger charge is -2.28. The summed E-state index contributed by atoms with van der Waals surface area (Å²) in [5, 5.41) is 0.576. The average molecular weight is 286 g/mol. The molecule has 0 aliphatic carbocycles. The van der Waals surface area contributed by atoms with Gasteiger partial charge >= 0.3 is 11.9 Å². The fraction of sp³-hybridized carbons (Fsp3) is 0.385. The molecular weight excluding hydrogens is 270 g/mol. The minimum Gasteiger partial charge on any atom is -0.468 e. The van der Waals surface area contributed by atoms with Gasteiger partial charge in [0.1, 0.15) is 12.6 Å². The van der Waals surface area contributed by atoms with Gasteiger partial charge in [0.25, 0.3) is 0 Å². The van der Waals surface area contributed by atoms with E-state index in [1.54, 1.807) is 36.1 Å². The Bertz CT molecular complexity index is 446.